The van der Waals surface area contributed by atoms with Crippen molar-refractivity contribution < 1.29 is 28.8 Å². The van der Waals surface area contributed by atoms with Gasteiger partial charge in [0.1, 0.15) is 11.8 Å². The molecule has 1 aliphatic carbocycles. The van der Waals surface area contributed by atoms with E-state index in [0.717, 1.165) is 12.8 Å². The van der Waals surface area contributed by atoms with Crippen LogP contribution in [0.25, 0.3) is 0 Å². The van der Waals surface area contributed by atoms with Gasteiger partial charge in [-0.1, -0.05) is 6.58 Å². The lowest BCUT2D eigenvalue weighted by molar-refractivity contribution is -0.384. The lowest BCUT2D eigenvalue weighted by Gasteiger charge is -2.26. The van der Waals surface area contributed by atoms with E-state index < -0.39 is 29.0 Å². The molecule has 30 heavy (non-hydrogen) atoms. The third-order valence-electron chi connectivity index (χ3n) is 4.93. The first kappa shape index (κ1) is 21.4. The maximum absolute atomic E-state index is 13.0. The summed E-state index contributed by atoms with van der Waals surface area (Å²) in [4.78, 5) is 48.8. The minimum atomic E-state index is -0.628. The van der Waals surface area contributed by atoms with Gasteiger partial charge >= 0.3 is 11.9 Å². The summed E-state index contributed by atoms with van der Waals surface area (Å²) in [5, 5.41) is 13.7. The molecule has 1 aromatic carbocycles. The largest absolute Gasteiger partial charge is 0.461 e. The maximum atomic E-state index is 13.0. The smallest absolute Gasteiger partial charge is 0.354 e. The molecule has 2 aliphatic rings. The van der Waals surface area contributed by atoms with Gasteiger partial charge in [0, 0.05) is 31.1 Å². The number of amides is 1. The number of hydrogen-bond donors (Lipinski definition) is 1. The van der Waals surface area contributed by atoms with E-state index >= 15 is 0 Å². The molecule has 1 saturated carbocycles. The van der Waals surface area contributed by atoms with Crippen LogP contribution in [-0.2, 0) is 19.1 Å². The van der Waals surface area contributed by atoms with Crippen molar-refractivity contribution in [3.63, 3.8) is 0 Å². The predicted molar refractivity (Wildman–Crippen MR) is 104 cm³/mol. The summed E-state index contributed by atoms with van der Waals surface area (Å²) in [6.45, 7) is 5.87. The zero-order valence-corrected chi connectivity index (χ0v) is 16.5. The quantitative estimate of drug-likeness (QED) is 0.292. The highest BCUT2D eigenvalue weighted by molar-refractivity contribution is 5.95. The minimum absolute atomic E-state index is 0.0116. The molecule has 0 unspecified atom stereocenters. The Bertz CT molecular complexity index is 864. The minimum Gasteiger partial charge on any atom is -0.461 e. The van der Waals surface area contributed by atoms with Crippen LogP contribution in [0.4, 0.5) is 5.69 Å². The number of esters is 2. The molecule has 1 heterocycles. The Balaban J connectivity index is 1.59. The number of carbonyl (C=O) groups excluding carboxylic acids is 3. The average Bonchev–Trinajstić information content (AvgIpc) is 3.45. The van der Waals surface area contributed by atoms with Gasteiger partial charge < -0.3 is 19.7 Å². The highest BCUT2D eigenvalue weighted by Gasteiger charge is 2.42. The highest BCUT2D eigenvalue weighted by atomic mass is 16.6. The molecular weight excluding hydrogens is 394 g/mol. The van der Waals surface area contributed by atoms with Crippen molar-refractivity contribution in [2.45, 2.75) is 44.4 Å². The van der Waals surface area contributed by atoms with Crippen LogP contribution < -0.4 is 5.32 Å². The van der Waals surface area contributed by atoms with E-state index in [1.807, 2.05) is 0 Å². The number of nitro benzene ring substituents is 1. The first-order valence-corrected chi connectivity index (χ1v) is 9.69. The second kappa shape index (κ2) is 9.04. The van der Waals surface area contributed by atoms with Crippen molar-refractivity contribution in [2.75, 3.05) is 13.2 Å². The number of nitrogens with zero attached hydrogens (tertiary/aromatic N) is 2. The Kier molecular flexibility index (Phi) is 6.46. The van der Waals surface area contributed by atoms with Gasteiger partial charge in [0.2, 0.25) is 5.91 Å². The Hall–Kier alpha value is -3.27. The molecule has 2 fully saturated rings. The fourth-order valence-corrected chi connectivity index (χ4v) is 3.27. The van der Waals surface area contributed by atoms with E-state index in [0.29, 0.717) is 0 Å². The number of nitrogens with one attached hydrogen (secondary N) is 1. The molecule has 0 bridgehead atoms. The molecule has 160 valence electrons. The third kappa shape index (κ3) is 4.82. The van der Waals surface area contributed by atoms with Crippen molar-refractivity contribution in [1.82, 2.24) is 10.2 Å². The fraction of sp³-hybridized carbons (Fsp3) is 0.450. The number of benzene rings is 1. The molecule has 0 aromatic heterocycles. The maximum Gasteiger partial charge on any atom is 0.354 e. The summed E-state index contributed by atoms with van der Waals surface area (Å²) in [7, 11) is 0. The average molecular weight is 417 g/mol. The Morgan fingerprint density at radius 2 is 1.93 bits per heavy atom. The molecule has 2 atom stereocenters. The number of carbonyl (C=O) groups is 3. The summed E-state index contributed by atoms with van der Waals surface area (Å²) >= 11 is 0. The van der Waals surface area contributed by atoms with Crippen LogP contribution >= 0.6 is 0 Å². The van der Waals surface area contributed by atoms with Crippen LogP contribution in [0.15, 0.2) is 36.5 Å². The molecule has 10 heteroatoms. The monoisotopic (exact) mass is 417 g/mol. The second-order valence-corrected chi connectivity index (χ2v) is 7.13. The standard InChI is InChI=1S/C20H23N3O7/c1-3-29-19(25)12(2)22(14-8-9-14)18(24)17-10-16(11-21-17)30-20(26)13-4-6-15(7-5-13)23(27)28/h4-7,14,16-17,21H,2-3,8-11H2,1H3/t16-,17+/m1/s1. The predicted octanol–water partition coefficient (Wildman–Crippen LogP) is 1.55. The number of rotatable bonds is 8. The van der Waals surface area contributed by atoms with Crippen molar-refractivity contribution in [1.29, 1.82) is 0 Å². The van der Waals surface area contributed by atoms with Crippen molar-refractivity contribution in [2.24, 2.45) is 0 Å². The van der Waals surface area contributed by atoms with Crippen molar-refractivity contribution in [3.8, 4) is 0 Å². The van der Waals surface area contributed by atoms with Gasteiger partial charge in [-0.3, -0.25) is 14.9 Å². The Morgan fingerprint density at radius 3 is 2.50 bits per heavy atom. The summed E-state index contributed by atoms with van der Waals surface area (Å²) in [5.41, 5.74) is 0.0740. The van der Waals surface area contributed by atoms with Crippen LogP contribution in [-0.4, -0.2) is 59.0 Å². The Morgan fingerprint density at radius 1 is 1.27 bits per heavy atom. The van der Waals surface area contributed by atoms with Gasteiger partial charge in [-0.05, 0) is 31.9 Å². The number of ether oxygens (including phenoxy) is 2. The van der Waals surface area contributed by atoms with Gasteiger partial charge in [0.15, 0.2) is 0 Å². The van der Waals surface area contributed by atoms with Gasteiger partial charge in [-0.25, -0.2) is 9.59 Å². The van der Waals surface area contributed by atoms with Gasteiger partial charge in [-0.2, -0.15) is 0 Å². The van der Waals surface area contributed by atoms with Crippen LogP contribution in [0.1, 0.15) is 36.5 Å². The van der Waals surface area contributed by atoms with Crippen LogP contribution in [0.5, 0.6) is 0 Å². The molecule has 3 rings (SSSR count). The van der Waals surface area contributed by atoms with Crippen LogP contribution in [0, 0.1) is 10.1 Å². The van der Waals surface area contributed by atoms with E-state index in [9.17, 15) is 24.5 Å². The van der Waals surface area contributed by atoms with E-state index in [1.54, 1.807) is 6.92 Å². The number of hydrogen-bond acceptors (Lipinski definition) is 8. The highest BCUT2D eigenvalue weighted by Crippen LogP contribution is 2.31. The molecule has 1 amide bonds. The molecule has 1 saturated heterocycles. The lowest BCUT2D eigenvalue weighted by atomic mass is 10.1. The van der Waals surface area contributed by atoms with Gasteiger partial charge in [-0.15, -0.1) is 0 Å². The topological polar surface area (TPSA) is 128 Å². The Labute approximate surface area is 173 Å². The number of non-ortho nitro benzene ring substituents is 1. The molecule has 0 radical (unpaired) electrons. The van der Waals surface area contributed by atoms with E-state index in [-0.39, 0.29) is 48.5 Å². The first-order valence-electron chi connectivity index (χ1n) is 9.69. The summed E-state index contributed by atoms with van der Waals surface area (Å²) in [6, 6.07) is 4.41. The summed E-state index contributed by atoms with van der Waals surface area (Å²) in [6.07, 6.45) is 1.28. The van der Waals surface area contributed by atoms with E-state index in [1.165, 1.54) is 29.2 Å². The van der Waals surface area contributed by atoms with Crippen LogP contribution in [0.3, 0.4) is 0 Å². The lowest BCUT2D eigenvalue weighted by Crippen LogP contribution is -2.45. The fourth-order valence-electron chi connectivity index (χ4n) is 3.27. The summed E-state index contributed by atoms with van der Waals surface area (Å²) < 4.78 is 10.4. The number of nitro groups is 1. The van der Waals surface area contributed by atoms with E-state index in [4.69, 9.17) is 9.47 Å². The molecule has 1 aromatic rings. The van der Waals surface area contributed by atoms with E-state index in [2.05, 4.69) is 11.9 Å². The first-order chi connectivity index (χ1) is 14.3. The van der Waals surface area contributed by atoms with Crippen LogP contribution in [0.2, 0.25) is 0 Å². The third-order valence-corrected chi connectivity index (χ3v) is 4.93. The SMILES string of the molecule is C=C(C(=O)OCC)N(C(=O)[C@@H]1C[C@@H](OC(=O)c2ccc([N+](=O)[O-])cc2)CN1)C1CC1. The summed E-state index contributed by atoms with van der Waals surface area (Å²) in [5.74, 6) is -1.55. The van der Waals surface area contributed by atoms with Crippen molar-refractivity contribution >= 4 is 23.5 Å². The van der Waals surface area contributed by atoms with Gasteiger partial charge in [0.25, 0.3) is 5.69 Å². The molecule has 1 N–H and O–H groups in total. The molecule has 0 spiro atoms. The second-order valence-electron chi connectivity index (χ2n) is 7.13. The zero-order valence-electron chi connectivity index (χ0n) is 16.5. The van der Waals surface area contributed by atoms with Crippen molar-refractivity contribution in [3.05, 3.63) is 52.2 Å². The molecule has 10 nitrogen and oxygen atoms in total. The molecular formula is C20H23N3O7. The molecule has 1 aliphatic heterocycles. The normalized spacial score (nSPS) is 20.3. The zero-order chi connectivity index (χ0) is 21.8. The van der Waals surface area contributed by atoms with Gasteiger partial charge in [0.05, 0.1) is 23.1 Å².